The average molecular weight is 365 g/mol. The van der Waals surface area contributed by atoms with Gasteiger partial charge in [-0.2, -0.15) is 5.26 Å². The number of hydrogen-bond acceptors (Lipinski definition) is 3. The Morgan fingerprint density at radius 1 is 1.19 bits per heavy atom. The number of nitrogens with zero attached hydrogens (tertiary/aromatic N) is 1. The quantitative estimate of drug-likeness (QED) is 0.905. The van der Waals surface area contributed by atoms with Crippen molar-refractivity contribution in [1.29, 1.82) is 5.26 Å². The maximum Gasteiger partial charge on any atom is 0.240 e. The molecule has 0 amide bonds. The fraction of sp³-hybridized carbons (Fsp3) is 0.133. The lowest BCUT2D eigenvalue weighted by molar-refractivity contribution is 0.581. The van der Waals surface area contributed by atoms with Crippen LogP contribution >= 0.6 is 15.9 Å². The van der Waals surface area contributed by atoms with Crippen molar-refractivity contribution in [2.75, 3.05) is 0 Å². The first-order valence-corrected chi connectivity index (χ1v) is 8.45. The fourth-order valence-electron chi connectivity index (χ4n) is 1.74. The second kappa shape index (κ2) is 6.39. The Kier molecular flexibility index (Phi) is 4.78. The standard InChI is InChI=1S/C15H13BrN2O2S/c1-11-8-14(6-7-15(11)16)21(19,20)18-10-13-4-2-12(9-17)3-5-13/h2-8,18H,10H2,1H3. The van der Waals surface area contributed by atoms with Gasteiger partial charge in [0.15, 0.2) is 0 Å². The number of hydrogen-bond donors (Lipinski definition) is 1. The molecule has 2 rings (SSSR count). The molecule has 0 fully saturated rings. The van der Waals surface area contributed by atoms with Crippen LogP contribution in [-0.4, -0.2) is 8.42 Å². The van der Waals surface area contributed by atoms with Crippen LogP contribution in [0.3, 0.4) is 0 Å². The minimum atomic E-state index is -3.55. The number of halogens is 1. The van der Waals surface area contributed by atoms with Crippen molar-refractivity contribution >= 4 is 26.0 Å². The van der Waals surface area contributed by atoms with Gasteiger partial charge in [-0.25, -0.2) is 13.1 Å². The van der Waals surface area contributed by atoms with Gasteiger partial charge in [0.2, 0.25) is 10.0 Å². The molecule has 0 unspecified atom stereocenters. The van der Waals surface area contributed by atoms with E-state index in [0.717, 1.165) is 15.6 Å². The summed E-state index contributed by atoms with van der Waals surface area (Å²) in [5, 5.41) is 8.72. The highest BCUT2D eigenvalue weighted by Crippen LogP contribution is 2.20. The van der Waals surface area contributed by atoms with Gasteiger partial charge in [-0.3, -0.25) is 0 Å². The average Bonchev–Trinajstić information content (AvgIpc) is 2.48. The van der Waals surface area contributed by atoms with E-state index in [0.29, 0.717) is 5.56 Å². The maximum atomic E-state index is 12.2. The summed E-state index contributed by atoms with van der Waals surface area (Å²) in [7, 11) is -3.55. The third-order valence-electron chi connectivity index (χ3n) is 2.99. The SMILES string of the molecule is Cc1cc(S(=O)(=O)NCc2ccc(C#N)cc2)ccc1Br. The van der Waals surface area contributed by atoms with Crippen molar-refractivity contribution < 1.29 is 8.42 Å². The van der Waals surface area contributed by atoms with Gasteiger partial charge in [0.25, 0.3) is 0 Å². The Morgan fingerprint density at radius 3 is 2.43 bits per heavy atom. The molecule has 108 valence electrons. The minimum Gasteiger partial charge on any atom is -0.207 e. The van der Waals surface area contributed by atoms with Crippen LogP contribution in [0.4, 0.5) is 0 Å². The van der Waals surface area contributed by atoms with Crippen molar-refractivity contribution in [1.82, 2.24) is 4.72 Å². The Labute approximate surface area is 132 Å². The molecule has 2 aromatic carbocycles. The van der Waals surface area contributed by atoms with Crippen molar-refractivity contribution in [3.8, 4) is 6.07 Å². The molecule has 0 aliphatic rings. The fourth-order valence-corrected chi connectivity index (χ4v) is 3.09. The van der Waals surface area contributed by atoms with Crippen molar-refractivity contribution in [3.63, 3.8) is 0 Å². The Balaban J connectivity index is 2.13. The van der Waals surface area contributed by atoms with Crippen LogP contribution in [0.25, 0.3) is 0 Å². The monoisotopic (exact) mass is 364 g/mol. The Hall–Kier alpha value is -1.68. The van der Waals surface area contributed by atoms with E-state index in [1.807, 2.05) is 13.0 Å². The zero-order valence-corrected chi connectivity index (χ0v) is 13.7. The van der Waals surface area contributed by atoms with Gasteiger partial charge in [0.1, 0.15) is 0 Å². The molecule has 0 spiro atoms. The molecule has 0 atom stereocenters. The van der Waals surface area contributed by atoms with Gasteiger partial charge in [-0.1, -0.05) is 28.1 Å². The highest BCUT2D eigenvalue weighted by Gasteiger charge is 2.14. The normalized spacial score (nSPS) is 11.1. The molecular weight excluding hydrogens is 352 g/mol. The number of nitriles is 1. The van der Waals surface area contributed by atoms with E-state index in [4.69, 9.17) is 5.26 Å². The third-order valence-corrected chi connectivity index (χ3v) is 5.28. The highest BCUT2D eigenvalue weighted by molar-refractivity contribution is 9.10. The van der Waals surface area contributed by atoms with Gasteiger partial charge < -0.3 is 0 Å². The van der Waals surface area contributed by atoms with E-state index in [1.165, 1.54) is 0 Å². The summed E-state index contributed by atoms with van der Waals surface area (Å²) < 4.78 is 27.8. The summed E-state index contributed by atoms with van der Waals surface area (Å²) in [5.74, 6) is 0. The number of rotatable bonds is 4. The van der Waals surface area contributed by atoms with Crippen LogP contribution in [0.1, 0.15) is 16.7 Å². The first-order valence-electron chi connectivity index (χ1n) is 6.17. The zero-order valence-electron chi connectivity index (χ0n) is 11.3. The molecule has 0 saturated carbocycles. The van der Waals surface area contributed by atoms with Crippen LogP contribution in [0.5, 0.6) is 0 Å². The topological polar surface area (TPSA) is 70.0 Å². The maximum absolute atomic E-state index is 12.2. The summed E-state index contributed by atoms with van der Waals surface area (Å²) in [6, 6.07) is 13.7. The largest absolute Gasteiger partial charge is 0.240 e. The van der Waals surface area contributed by atoms with Gasteiger partial charge in [-0.05, 0) is 48.4 Å². The molecule has 21 heavy (non-hydrogen) atoms. The van der Waals surface area contributed by atoms with E-state index in [9.17, 15) is 8.42 Å². The Morgan fingerprint density at radius 2 is 1.86 bits per heavy atom. The van der Waals surface area contributed by atoms with Gasteiger partial charge in [-0.15, -0.1) is 0 Å². The van der Waals surface area contributed by atoms with E-state index >= 15 is 0 Å². The lowest BCUT2D eigenvalue weighted by Gasteiger charge is -2.08. The molecule has 0 bridgehead atoms. The van der Waals surface area contributed by atoms with Crippen LogP contribution in [-0.2, 0) is 16.6 Å². The molecule has 0 aliphatic carbocycles. The van der Waals surface area contributed by atoms with E-state index in [2.05, 4.69) is 20.7 Å². The van der Waals surface area contributed by atoms with Gasteiger partial charge >= 0.3 is 0 Å². The molecule has 0 aromatic heterocycles. The second-order valence-corrected chi connectivity index (χ2v) is 7.17. The van der Waals surface area contributed by atoms with E-state index in [1.54, 1.807) is 42.5 Å². The summed E-state index contributed by atoms with van der Waals surface area (Å²) in [4.78, 5) is 0.233. The molecule has 0 radical (unpaired) electrons. The molecule has 4 nitrogen and oxygen atoms in total. The van der Waals surface area contributed by atoms with E-state index < -0.39 is 10.0 Å². The molecule has 0 aliphatic heterocycles. The van der Waals surface area contributed by atoms with Crippen LogP contribution in [0.15, 0.2) is 51.8 Å². The molecular formula is C15H13BrN2O2S. The molecule has 0 saturated heterocycles. The van der Waals surface area contributed by atoms with Gasteiger partial charge in [0.05, 0.1) is 16.5 Å². The van der Waals surface area contributed by atoms with Crippen molar-refractivity contribution in [2.45, 2.75) is 18.4 Å². The minimum absolute atomic E-state index is 0.184. The van der Waals surface area contributed by atoms with Gasteiger partial charge in [0, 0.05) is 11.0 Å². The lowest BCUT2D eigenvalue weighted by Crippen LogP contribution is -2.23. The number of aryl methyl sites for hydroxylation is 1. The molecule has 6 heteroatoms. The third kappa shape index (κ3) is 3.91. The predicted octanol–water partition coefficient (Wildman–Crippen LogP) is 3.11. The molecule has 0 heterocycles. The number of sulfonamides is 1. The summed E-state index contributed by atoms with van der Waals surface area (Å²) in [6.45, 7) is 2.02. The van der Waals surface area contributed by atoms with Crippen LogP contribution in [0, 0.1) is 18.3 Å². The number of benzene rings is 2. The lowest BCUT2D eigenvalue weighted by atomic mass is 10.1. The summed E-state index contributed by atoms with van der Waals surface area (Å²) >= 11 is 3.34. The molecule has 1 N–H and O–H groups in total. The smallest absolute Gasteiger partial charge is 0.207 e. The van der Waals surface area contributed by atoms with Crippen LogP contribution < -0.4 is 4.72 Å². The Bertz CT molecular complexity index is 793. The first kappa shape index (κ1) is 15.7. The van der Waals surface area contributed by atoms with Crippen molar-refractivity contribution in [3.05, 3.63) is 63.6 Å². The first-order chi connectivity index (χ1) is 9.92. The second-order valence-electron chi connectivity index (χ2n) is 4.54. The van der Waals surface area contributed by atoms with Crippen LogP contribution in [0.2, 0.25) is 0 Å². The zero-order chi connectivity index (χ0) is 15.5. The molecule has 2 aromatic rings. The van der Waals surface area contributed by atoms with Crippen molar-refractivity contribution in [2.24, 2.45) is 0 Å². The number of nitrogens with one attached hydrogen (secondary N) is 1. The van der Waals surface area contributed by atoms with E-state index in [-0.39, 0.29) is 11.4 Å². The summed E-state index contributed by atoms with van der Waals surface area (Å²) in [6.07, 6.45) is 0. The highest BCUT2D eigenvalue weighted by atomic mass is 79.9. The predicted molar refractivity (Wildman–Crippen MR) is 84.1 cm³/mol. The summed E-state index contributed by atoms with van der Waals surface area (Å²) in [5.41, 5.74) is 2.20.